The molecule has 1 aromatic carbocycles. The van der Waals surface area contributed by atoms with E-state index in [1.165, 1.54) is 6.07 Å². The van der Waals surface area contributed by atoms with E-state index >= 15 is 0 Å². The number of hydrogen-bond acceptors (Lipinski definition) is 2. The van der Waals surface area contributed by atoms with Crippen LogP contribution in [0.5, 0.6) is 0 Å². The van der Waals surface area contributed by atoms with Crippen LogP contribution in [0.4, 0.5) is 9.18 Å². The molecular formula is C13H17FN2O3. The van der Waals surface area contributed by atoms with Gasteiger partial charge < -0.3 is 15.7 Å². The summed E-state index contributed by atoms with van der Waals surface area (Å²) in [5, 5.41) is 13.7. The number of carboxylic acid groups (broad SMARTS) is 1. The Kier molecular flexibility index (Phi) is 4.86. The molecule has 0 fully saturated rings. The fraction of sp³-hybridized carbons (Fsp3) is 0.385. The van der Waals surface area contributed by atoms with Crippen molar-refractivity contribution in [1.82, 2.24) is 10.6 Å². The van der Waals surface area contributed by atoms with Crippen LogP contribution < -0.4 is 10.6 Å². The maximum atomic E-state index is 13.3. The Morgan fingerprint density at radius 2 is 1.95 bits per heavy atom. The van der Waals surface area contributed by atoms with Gasteiger partial charge >= 0.3 is 12.0 Å². The molecule has 1 aromatic rings. The number of halogens is 1. The first-order chi connectivity index (χ1) is 8.80. The number of benzene rings is 1. The van der Waals surface area contributed by atoms with Crippen LogP contribution in [-0.2, 0) is 11.3 Å². The smallest absolute Gasteiger partial charge is 0.315 e. The molecule has 0 aliphatic rings. The van der Waals surface area contributed by atoms with E-state index in [1.54, 1.807) is 32.0 Å². The van der Waals surface area contributed by atoms with Crippen LogP contribution in [0.3, 0.4) is 0 Å². The summed E-state index contributed by atoms with van der Waals surface area (Å²) in [7, 11) is 0. The van der Waals surface area contributed by atoms with Gasteiger partial charge in [0.05, 0.1) is 6.42 Å². The summed E-state index contributed by atoms with van der Waals surface area (Å²) in [6.07, 6.45) is -0.194. The number of rotatable bonds is 5. The largest absolute Gasteiger partial charge is 0.481 e. The highest BCUT2D eigenvalue weighted by atomic mass is 19.1. The molecular weight excluding hydrogens is 251 g/mol. The molecule has 0 bridgehead atoms. The van der Waals surface area contributed by atoms with Gasteiger partial charge in [-0.1, -0.05) is 18.2 Å². The molecule has 0 heterocycles. The van der Waals surface area contributed by atoms with Crippen molar-refractivity contribution in [2.45, 2.75) is 32.4 Å². The Morgan fingerprint density at radius 1 is 1.32 bits per heavy atom. The van der Waals surface area contributed by atoms with E-state index in [-0.39, 0.29) is 13.0 Å². The second-order valence-corrected chi connectivity index (χ2v) is 4.85. The van der Waals surface area contributed by atoms with Crippen molar-refractivity contribution in [3.05, 3.63) is 35.6 Å². The van der Waals surface area contributed by atoms with Gasteiger partial charge in [0.15, 0.2) is 0 Å². The highest BCUT2D eigenvalue weighted by Crippen LogP contribution is 2.08. The van der Waals surface area contributed by atoms with Gasteiger partial charge in [-0.15, -0.1) is 0 Å². The quantitative estimate of drug-likeness (QED) is 0.763. The third-order valence-electron chi connectivity index (χ3n) is 2.44. The minimum Gasteiger partial charge on any atom is -0.481 e. The molecule has 0 spiro atoms. The zero-order chi connectivity index (χ0) is 14.5. The van der Waals surface area contributed by atoms with Crippen molar-refractivity contribution < 1.29 is 19.1 Å². The van der Waals surface area contributed by atoms with Crippen molar-refractivity contribution in [3.63, 3.8) is 0 Å². The van der Waals surface area contributed by atoms with Crippen LogP contribution in [0.2, 0.25) is 0 Å². The van der Waals surface area contributed by atoms with Crippen LogP contribution in [-0.4, -0.2) is 22.6 Å². The Hall–Kier alpha value is -2.11. The van der Waals surface area contributed by atoms with E-state index in [1.807, 2.05) is 0 Å². The summed E-state index contributed by atoms with van der Waals surface area (Å²) < 4.78 is 13.3. The van der Waals surface area contributed by atoms with Gasteiger partial charge in [-0.2, -0.15) is 0 Å². The number of carboxylic acids is 1. The highest BCUT2D eigenvalue weighted by molar-refractivity contribution is 5.76. The fourth-order valence-electron chi connectivity index (χ4n) is 1.59. The summed E-state index contributed by atoms with van der Waals surface area (Å²) in [4.78, 5) is 22.2. The molecule has 0 aromatic heterocycles. The Morgan fingerprint density at radius 3 is 2.53 bits per heavy atom. The summed E-state index contributed by atoms with van der Waals surface area (Å²) in [6, 6.07) is 5.58. The zero-order valence-electron chi connectivity index (χ0n) is 10.9. The average Bonchev–Trinajstić information content (AvgIpc) is 2.25. The maximum absolute atomic E-state index is 13.3. The average molecular weight is 268 g/mol. The highest BCUT2D eigenvalue weighted by Gasteiger charge is 2.23. The van der Waals surface area contributed by atoms with Crippen LogP contribution in [0.1, 0.15) is 25.8 Å². The predicted octanol–water partition coefficient (Wildman–Crippen LogP) is 1.88. The molecule has 0 saturated heterocycles. The number of hydrogen-bond donors (Lipinski definition) is 3. The fourth-order valence-corrected chi connectivity index (χ4v) is 1.59. The minimum atomic E-state index is -1.00. The summed E-state index contributed by atoms with van der Waals surface area (Å²) in [5.41, 5.74) is -0.501. The molecule has 19 heavy (non-hydrogen) atoms. The van der Waals surface area contributed by atoms with Gasteiger partial charge in [-0.05, 0) is 19.9 Å². The lowest BCUT2D eigenvalue weighted by atomic mass is 10.0. The van der Waals surface area contributed by atoms with E-state index in [9.17, 15) is 14.0 Å². The van der Waals surface area contributed by atoms with Gasteiger partial charge in [-0.3, -0.25) is 4.79 Å². The molecule has 0 unspecified atom stereocenters. The number of carbonyl (C=O) groups is 2. The molecule has 104 valence electrons. The molecule has 0 atom stereocenters. The first kappa shape index (κ1) is 14.9. The monoisotopic (exact) mass is 268 g/mol. The third kappa shape index (κ3) is 5.37. The van der Waals surface area contributed by atoms with Gasteiger partial charge in [0.1, 0.15) is 5.82 Å². The summed E-state index contributed by atoms with van der Waals surface area (Å²) in [6.45, 7) is 3.25. The summed E-state index contributed by atoms with van der Waals surface area (Å²) in [5.74, 6) is -1.40. The third-order valence-corrected chi connectivity index (χ3v) is 2.44. The number of nitrogens with one attached hydrogen (secondary N) is 2. The standard InChI is InChI=1S/C13H17FN2O3/c1-13(2,7-11(17)18)16-12(19)15-8-9-5-3-4-6-10(9)14/h3-6H,7-8H2,1-2H3,(H,17,18)(H2,15,16,19). The van der Waals surface area contributed by atoms with Crippen LogP contribution in [0.15, 0.2) is 24.3 Å². The SMILES string of the molecule is CC(C)(CC(=O)O)NC(=O)NCc1ccccc1F. The molecule has 0 radical (unpaired) electrons. The Bertz CT molecular complexity index is 475. The molecule has 0 aliphatic heterocycles. The maximum Gasteiger partial charge on any atom is 0.315 e. The lowest BCUT2D eigenvalue weighted by Gasteiger charge is -2.24. The minimum absolute atomic E-state index is 0.0433. The van der Waals surface area contributed by atoms with E-state index in [0.29, 0.717) is 5.56 Å². The first-order valence-electron chi connectivity index (χ1n) is 5.81. The van der Waals surface area contributed by atoms with Gasteiger partial charge in [0.2, 0.25) is 0 Å². The van der Waals surface area contributed by atoms with Crippen molar-refractivity contribution >= 4 is 12.0 Å². The zero-order valence-corrected chi connectivity index (χ0v) is 10.9. The van der Waals surface area contributed by atoms with Crippen LogP contribution >= 0.6 is 0 Å². The van der Waals surface area contributed by atoms with E-state index in [2.05, 4.69) is 10.6 Å². The van der Waals surface area contributed by atoms with Crippen molar-refractivity contribution in [2.75, 3.05) is 0 Å². The lowest BCUT2D eigenvalue weighted by molar-refractivity contribution is -0.138. The van der Waals surface area contributed by atoms with Gasteiger partial charge in [0.25, 0.3) is 0 Å². The van der Waals surface area contributed by atoms with E-state index in [0.717, 1.165) is 0 Å². The molecule has 1 rings (SSSR count). The predicted molar refractivity (Wildman–Crippen MR) is 68.1 cm³/mol. The second-order valence-electron chi connectivity index (χ2n) is 4.85. The number of amides is 2. The molecule has 5 nitrogen and oxygen atoms in total. The molecule has 0 saturated carbocycles. The molecule has 6 heteroatoms. The van der Waals surface area contributed by atoms with Crippen molar-refractivity contribution in [3.8, 4) is 0 Å². The van der Waals surface area contributed by atoms with Gasteiger partial charge in [0, 0.05) is 17.6 Å². The molecule has 2 amide bonds. The Labute approximate surface area is 110 Å². The number of urea groups is 1. The van der Waals surface area contributed by atoms with Crippen molar-refractivity contribution in [2.24, 2.45) is 0 Å². The lowest BCUT2D eigenvalue weighted by Crippen LogP contribution is -2.49. The van der Waals surface area contributed by atoms with Gasteiger partial charge in [-0.25, -0.2) is 9.18 Å². The van der Waals surface area contributed by atoms with E-state index in [4.69, 9.17) is 5.11 Å². The Balaban J connectivity index is 2.48. The topological polar surface area (TPSA) is 78.4 Å². The normalized spacial score (nSPS) is 10.9. The molecule has 0 aliphatic carbocycles. The first-order valence-corrected chi connectivity index (χ1v) is 5.81. The van der Waals surface area contributed by atoms with Crippen LogP contribution in [0.25, 0.3) is 0 Å². The van der Waals surface area contributed by atoms with Crippen LogP contribution in [0, 0.1) is 5.82 Å². The number of aliphatic carboxylic acids is 1. The van der Waals surface area contributed by atoms with E-state index < -0.39 is 23.4 Å². The second kappa shape index (κ2) is 6.17. The number of carbonyl (C=O) groups excluding carboxylic acids is 1. The van der Waals surface area contributed by atoms with Crippen molar-refractivity contribution in [1.29, 1.82) is 0 Å². The molecule has 3 N–H and O–H groups in total. The summed E-state index contributed by atoms with van der Waals surface area (Å²) >= 11 is 0.